The molecule has 174 valence electrons. The van der Waals surface area contributed by atoms with Crippen molar-refractivity contribution in [1.82, 2.24) is 15.5 Å². The van der Waals surface area contributed by atoms with Crippen LogP contribution in [0.3, 0.4) is 0 Å². The van der Waals surface area contributed by atoms with Crippen molar-refractivity contribution in [2.45, 2.75) is 38.0 Å². The number of piperidine rings is 1. The summed E-state index contributed by atoms with van der Waals surface area (Å²) in [5.74, 6) is -1.69. The quantitative estimate of drug-likeness (QED) is 0.224. The molecule has 4 rings (SSSR count). The second-order valence-corrected chi connectivity index (χ2v) is 8.69. The number of fused-ring (bicyclic) bond motifs is 1. The Morgan fingerprint density at radius 3 is 2.94 bits per heavy atom. The third kappa shape index (κ3) is 4.55. The molecule has 3 aliphatic heterocycles. The van der Waals surface area contributed by atoms with Crippen LogP contribution in [0.15, 0.2) is 18.2 Å². The number of quaternary nitrogens is 1. The minimum atomic E-state index is -1.27. The molecule has 2 unspecified atom stereocenters. The summed E-state index contributed by atoms with van der Waals surface area (Å²) in [6, 6.07) is 4.12. The van der Waals surface area contributed by atoms with Gasteiger partial charge in [-0.15, -0.1) is 0 Å². The van der Waals surface area contributed by atoms with E-state index in [1.807, 2.05) is 13.1 Å². The molecule has 0 radical (unpaired) electrons. The zero-order chi connectivity index (χ0) is 22.7. The highest BCUT2D eigenvalue weighted by Crippen LogP contribution is 2.37. The highest BCUT2D eigenvalue weighted by Gasteiger charge is 2.50. The molecule has 0 saturated carbocycles. The Balaban J connectivity index is 1.42. The topological polar surface area (TPSA) is 123 Å². The molecule has 3 amide bonds. The van der Waals surface area contributed by atoms with Crippen molar-refractivity contribution in [1.29, 1.82) is 0 Å². The highest BCUT2D eigenvalue weighted by atomic mass is 16.6. The Morgan fingerprint density at radius 1 is 1.31 bits per heavy atom. The van der Waals surface area contributed by atoms with Gasteiger partial charge in [-0.2, -0.15) is 0 Å². The number of carbonyl (C=O) groups is 3. The smallest absolute Gasteiger partial charge is 0.347 e. The van der Waals surface area contributed by atoms with Crippen molar-refractivity contribution in [3.8, 4) is 0 Å². The maximum Gasteiger partial charge on any atom is 0.347 e. The van der Waals surface area contributed by atoms with Crippen molar-refractivity contribution in [2.24, 2.45) is 0 Å². The second kappa shape index (κ2) is 9.63. The predicted molar refractivity (Wildman–Crippen MR) is 117 cm³/mol. The van der Waals surface area contributed by atoms with Gasteiger partial charge in [0.2, 0.25) is 5.91 Å². The fraction of sp³-hybridized carbons (Fsp3) is 0.591. The highest BCUT2D eigenvalue weighted by molar-refractivity contribution is 6.02. The van der Waals surface area contributed by atoms with Gasteiger partial charge in [0.15, 0.2) is 6.04 Å². The average Bonchev–Trinajstić information content (AvgIpc) is 3.04. The number of nitrogens with one attached hydrogen (secondary N) is 3. The van der Waals surface area contributed by atoms with Crippen molar-refractivity contribution in [2.75, 3.05) is 51.7 Å². The number of hydrogen-bond donors (Lipinski definition) is 3. The summed E-state index contributed by atoms with van der Waals surface area (Å²) in [4.78, 5) is 39.2. The van der Waals surface area contributed by atoms with Gasteiger partial charge in [0.05, 0.1) is 18.3 Å². The first-order valence-corrected chi connectivity index (χ1v) is 11.2. The summed E-state index contributed by atoms with van der Waals surface area (Å²) in [6.45, 7) is 4.84. The molecule has 10 heteroatoms. The minimum Gasteiger partial charge on any atom is -0.624 e. The van der Waals surface area contributed by atoms with Crippen LogP contribution >= 0.6 is 0 Å². The molecule has 1 aromatic carbocycles. The van der Waals surface area contributed by atoms with Gasteiger partial charge in [0.25, 0.3) is 5.91 Å². The van der Waals surface area contributed by atoms with E-state index in [2.05, 4.69) is 20.9 Å². The molecule has 32 heavy (non-hydrogen) atoms. The molecule has 2 fully saturated rings. The molecular weight excluding hydrogens is 414 g/mol. The molecule has 0 bridgehead atoms. The number of ether oxygens (including phenoxy) is 1. The Bertz CT molecular complexity index is 893. The van der Waals surface area contributed by atoms with Gasteiger partial charge in [0.1, 0.15) is 6.54 Å². The number of rotatable bonds is 8. The number of anilines is 1. The molecular formula is C22H31N5O5. The van der Waals surface area contributed by atoms with Gasteiger partial charge in [-0.05, 0) is 38.7 Å². The molecule has 3 heterocycles. The number of nitrogens with zero attached hydrogens (tertiary/aromatic N) is 2. The summed E-state index contributed by atoms with van der Waals surface area (Å²) in [6.07, 6.45) is 1.23. The van der Waals surface area contributed by atoms with Crippen molar-refractivity contribution < 1.29 is 23.8 Å². The number of carbonyl (C=O) groups excluding carboxylic acids is 3. The summed E-state index contributed by atoms with van der Waals surface area (Å²) in [5.41, 5.74) is 1.68. The SMILES string of the molecule is CNCCCN1CCO[C@H](CNc2cccc3c2C[N+]([O-])(C2CCC(=O)NC2=O)C3=O)C1. The predicted octanol–water partition coefficient (Wildman–Crippen LogP) is 0.182. The summed E-state index contributed by atoms with van der Waals surface area (Å²) in [7, 11) is 1.95. The Hall–Kier alpha value is -2.37. The molecule has 0 spiro atoms. The molecule has 0 aromatic heterocycles. The number of morpholine rings is 1. The maximum absolute atomic E-state index is 13.5. The molecule has 3 aliphatic rings. The van der Waals surface area contributed by atoms with Crippen molar-refractivity contribution >= 4 is 23.4 Å². The van der Waals surface area contributed by atoms with Gasteiger partial charge < -0.3 is 20.6 Å². The molecule has 1 aromatic rings. The Kier molecular flexibility index (Phi) is 6.87. The minimum absolute atomic E-state index is 0.00734. The lowest BCUT2D eigenvalue weighted by Gasteiger charge is -2.42. The summed E-state index contributed by atoms with van der Waals surface area (Å²) in [5, 5.41) is 22.3. The molecule has 0 aliphatic carbocycles. The summed E-state index contributed by atoms with van der Waals surface area (Å²) >= 11 is 0. The van der Waals surface area contributed by atoms with Crippen molar-refractivity contribution in [3.63, 3.8) is 0 Å². The second-order valence-electron chi connectivity index (χ2n) is 8.69. The molecule has 10 nitrogen and oxygen atoms in total. The third-order valence-electron chi connectivity index (χ3n) is 6.50. The van der Waals surface area contributed by atoms with E-state index in [0.29, 0.717) is 24.3 Å². The number of amides is 3. The molecule has 2 saturated heterocycles. The Labute approximate surface area is 187 Å². The lowest BCUT2D eigenvalue weighted by atomic mass is 10.0. The number of hydroxylamine groups is 3. The van der Waals surface area contributed by atoms with Crippen LogP contribution in [0.1, 0.15) is 35.2 Å². The Morgan fingerprint density at radius 2 is 2.16 bits per heavy atom. The fourth-order valence-corrected chi connectivity index (χ4v) is 4.78. The van der Waals surface area contributed by atoms with E-state index in [1.165, 1.54) is 0 Å². The lowest BCUT2D eigenvalue weighted by molar-refractivity contribution is -0.825. The van der Waals surface area contributed by atoms with Crippen LogP contribution in [0.4, 0.5) is 5.69 Å². The third-order valence-corrected chi connectivity index (χ3v) is 6.50. The van der Waals surface area contributed by atoms with Crippen LogP contribution in [0.2, 0.25) is 0 Å². The first-order valence-electron chi connectivity index (χ1n) is 11.2. The van der Waals surface area contributed by atoms with Crippen LogP contribution in [-0.2, 0) is 20.9 Å². The van der Waals surface area contributed by atoms with Gasteiger partial charge in [-0.1, -0.05) is 6.07 Å². The van der Waals surface area contributed by atoms with Crippen molar-refractivity contribution in [3.05, 3.63) is 34.5 Å². The molecule has 3 N–H and O–H groups in total. The fourth-order valence-electron chi connectivity index (χ4n) is 4.78. The standard InChI is InChI=1S/C22H31N5O5/c1-23-8-3-9-26-10-11-32-15(13-26)12-24-18-5-2-4-16-17(18)14-27(31,22(16)30)19-6-7-20(28)25-21(19)29/h2,4-5,15,19,23-24H,3,6-14H2,1H3,(H,25,28,29)/t15-,19?,27?/m1/s1. The van der Waals surface area contributed by atoms with E-state index in [1.54, 1.807) is 12.1 Å². The number of benzene rings is 1. The van der Waals surface area contributed by atoms with Gasteiger partial charge in [-0.3, -0.25) is 24.5 Å². The summed E-state index contributed by atoms with van der Waals surface area (Å²) < 4.78 is 4.63. The van der Waals surface area contributed by atoms with Gasteiger partial charge in [0, 0.05) is 43.7 Å². The first kappa shape index (κ1) is 22.8. The average molecular weight is 446 g/mol. The largest absolute Gasteiger partial charge is 0.624 e. The number of imide groups is 1. The van der Waals surface area contributed by atoms with Crippen LogP contribution in [0.5, 0.6) is 0 Å². The monoisotopic (exact) mass is 445 g/mol. The lowest BCUT2D eigenvalue weighted by Crippen LogP contribution is -2.60. The van der Waals surface area contributed by atoms with E-state index < -0.39 is 28.4 Å². The van der Waals surface area contributed by atoms with E-state index in [4.69, 9.17) is 4.74 Å². The van der Waals surface area contributed by atoms with Gasteiger partial charge in [-0.25, -0.2) is 4.79 Å². The van der Waals surface area contributed by atoms with Crippen LogP contribution in [0, 0.1) is 5.21 Å². The normalized spacial score (nSPS) is 28.5. The number of hydrogen-bond acceptors (Lipinski definition) is 8. The van der Waals surface area contributed by atoms with Crippen LogP contribution < -0.4 is 16.0 Å². The molecule has 3 atom stereocenters. The van der Waals surface area contributed by atoms with E-state index in [0.717, 1.165) is 38.3 Å². The zero-order valence-electron chi connectivity index (χ0n) is 18.4. The first-order chi connectivity index (χ1) is 15.4. The van der Waals surface area contributed by atoms with Crippen LogP contribution in [0.25, 0.3) is 0 Å². The van der Waals surface area contributed by atoms with Crippen LogP contribution in [-0.4, -0.2) is 85.8 Å². The zero-order valence-corrected chi connectivity index (χ0v) is 18.4. The van der Waals surface area contributed by atoms with Gasteiger partial charge >= 0.3 is 5.91 Å². The van der Waals surface area contributed by atoms with E-state index in [9.17, 15) is 19.6 Å². The maximum atomic E-state index is 13.5. The van der Waals surface area contributed by atoms with E-state index >= 15 is 0 Å². The van der Waals surface area contributed by atoms with E-state index in [-0.39, 0.29) is 25.5 Å².